The molecule has 0 aliphatic rings. The van der Waals surface area contributed by atoms with E-state index in [-0.39, 0.29) is 17.4 Å². The van der Waals surface area contributed by atoms with Crippen molar-refractivity contribution in [3.63, 3.8) is 0 Å². The quantitative estimate of drug-likeness (QED) is 0.572. The second kappa shape index (κ2) is 4.04. The Hall–Kier alpha value is -2.55. The first-order valence-corrected chi connectivity index (χ1v) is 5.70. The fraction of sp³-hybridized carbons (Fsp3) is 0. The molecule has 3 rings (SSSR count). The van der Waals surface area contributed by atoms with Crippen molar-refractivity contribution in [3.8, 4) is 22.3 Å². The van der Waals surface area contributed by atoms with Crippen molar-refractivity contribution in [1.29, 1.82) is 0 Å². The molecule has 0 aromatic carbocycles. The summed E-state index contributed by atoms with van der Waals surface area (Å²) in [6.07, 6.45) is 0. The summed E-state index contributed by atoms with van der Waals surface area (Å²) >= 11 is 1.47. The lowest BCUT2D eigenvalue weighted by Crippen LogP contribution is -1.86. The minimum Gasteiger partial charge on any atom is -0.358 e. The average molecular weight is 263 g/mol. The zero-order valence-corrected chi connectivity index (χ0v) is 9.55. The lowest BCUT2D eigenvalue weighted by Gasteiger charge is -1.84. The van der Waals surface area contributed by atoms with E-state index in [9.17, 15) is 10.1 Å². The second-order valence-electron chi connectivity index (χ2n) is 3.30. The molecule has 8 nitrogen and oxygen atoms in total. The summed E-state index contributed by atoms with van der Waals surface area (Å²) in [5, 5.41) is 22.2. The summed E-state index contributed by atoms with van der Waals surface area (Å²) in [5.41, 5.74) is 0.247. The summed E-state index contributed by atoms with van der Waals surface area (Å²) in [4.78, 5) is 14.9. The molecule has 9 heteroatoms. The number of aromatic nitrogens is 4. The fourth-order valence-electron chi connectivity index (χ4n) is 1.35. The van der Waals surface area contributed by atoms with E-state index in [1.807, 2.05) is 17.5 Å². The molecule has 18 heavy (non-hydrogen) atoms. The molecule has 0 unspecified atom stereocenters. The van der Waals surface area contributed by atoms with Gasteiger partial charge in [-0.15, -0.1) is 16.4 Å². The molecule has 0 bridgehead atoms. The Kier molecular flexibility index (Phi) is 2.38. The van der Waals surface area contributed by atoms with Crippen molar-refractivity contribution in [3.05, 3.63) is 33.7 Å². The van der Waals surface area contributed by atoms with Crippen molar-refractivity contribution in [2.75, 3.05) is 0 Å². The van der Waals surface area contributed by atoms with E-state index in [1.165, 1.54) is 17.4 Å². The summed E-state index contributed by atoms with van der Waals surface area (Å²) in [7, 11) is 0. The van der Waals surface area contributed by atoms with Gasteiger partial charge in [-0.3, -0.25) is 0 Å². The standard InChI is InChI=1S/C9H5N5O3S/c15-14(16)7-4-5(11-12-7)9-10-8(13-17-9)6-2-1-3-18-6/h1-4H,(H,11,12). The number of nitro groups is 1. The van der Waals surface area contributed by atoms with Gasteiger partial charge in [0.25, 0.3) is 5.89 Å². The first kappa shape index (κ1) is 10.6. The van der Waals surface area contributed by atoms with E-state index in [0.717, 1.165) is 4.88 Å². The molecule has 0 fully saturated rings. The number of aromatic amines is 1. The number of nitrogens with zero attached hydrogens (tertiary/aromatic N) is 4. The lowest BCUT2D eigenvalue weighted by molar-refractivity contribution is -0.389. The first-order chi connectivity index (χ1) is 8.74. The molecule has 0 saturated heterocycles. The predicted octanol–water partition coefficient (Wildman–Crippen LogP) is 2.10. The maximum Gasteiger partial charge on any atom is 0.343 e. The van der Waals surface area contributed by atoms with Crippen LogP contribution in [0.15, 0.2) is 28.1 Å². The van der Waals surface area contributed by atoms with E-state index in [2.05, 4.69) is 20.3 Å². The zero-order valence-electron chi connectivity index (χ0n) is 8.73. The van der Waals surface area contributed by atoms with Crippen LogP contribution in [0.5, 0.6) is 0 Å². The molecular formula is C9H5N5O3S. The molecule has 0 atom stereocenters. The smallest absolute Gasteiger partial charge is 0.343 e. The van der Waals surface area contributed by atoms with Gasteiger partial charge in [0, 0.05) is 0 Å². The highest BCUT2D eigenvalue weighted by molar-refractivity contribution is 7.13. The van der Waals surface area contributed by atoms with Crippen LogP contribution >= 0.6 is 11.3 Å². The SMILES string of the molecule is O=[N+]([O-])c1cc(-c2nc(-c3cccs3)no2)n[nH]1. The van der Waals surface area contributed by atoms with Gasteiger partial charge in [0.05, 0.1) is 10.9 Å². The molecule has 90 valence electrons. The van der Waals surface area contributed by atoms with Gasteiger partial charge in [0.2, 0.25) is 5.82 Å². The van der Waals surface area contributed by atoms with Gasteiger partial charge in [-0.05, 0) is 16.4 Å². The minimum atomic E-state index is -0.576. The summed E-state index contributed by atoms with van der Waals surface area (Å²) in [6, 6.07) is 4.97. The van der Waals surface area contributed by atoms with Crippen LogP contribution in [-0.4, -0.2) is 25.3 Å². The Labute approximate surface area is 103 Å². The van der Waals surface area contributed by atoms with Crippen LogP contribution in [0.4, 0.5) is 5.82 Å². The van der Waals surface area contributed by atoms with Gasteiger partial charge in [0.1, 0.15) is 0 Å². The van der Waals surface area contributed by atoms with Crippen LogP contribution in [0.2, 0.25) is 0 Å². The maximum atomic E-state index is 10.5. The normalized spacial score (nSPS) is 10.7. The van der Waals surface area contributed by atoms with Crippen LogP contribution in [0.1, 0.15) is 0 Å². The summed E-state index contributed by atoms with van der Waals surface area (Å²) in [6.45, 7) is 0. The van der Waals surface area contributed by atoms with E-state index in [0.29, 0.717) is 5.82 Å². The number of nitrogens with one attached hydrogen (secondary N) is 1. The monoisotopic (exact) mass is 263 g/mol. The van der Waals surface area contributed by atoms with Crippen molar-refractivity contribution in [2.24, 2.45) is 0 Å². The molecular weight excluding hydrogens is 258 g/mol. The van der Waals surface area contributed by atoms with Crippen molar-refractivity contribution < 1.29 is 9.45 Å². The van der Waals surface area contributed by atoms with Crippen molar-refractivity contribution in [1.82, 2.24) is 20.3 Å². The largest absolute Gasteiger partial charge is 0.358 e. The summed E-state index contributed by atoms with van der Waals surface area (Å²) < 4.78 is 5.01. The van der Waals surface area contributed by atoms with Crippen LogP contribution in [0.25, 0.3) is 22.3 Å². The zero-order chi connectivity index (χ0) is 12.5. The Morgan fingerprint density at radius 1 is 1.50 bits per heavy atom. The topological polar surface area (TPSA) is 111 Å². The maximum absolute atomic E-state index is 10.5. The highest BCUT2D eigenvalue weighted by Crippen LogP contribution is 2.25. The molecule has 0 aliphatic heterocycles. The van der Waals surface area contributed by atoms with Crippen LogP contribution in [0.3, 0.4) is 0 Å². The predicted molar refractivity (Wildman–Crippen MR) is 61.8 cm³/mol. The van der Waals surface area contributed by atoms with Gasteiger partial charge in [-0.2, -0.15) is 4.98 Å². The highest BCUT2D eigenvalue weighted by atomic mass is 32.1. The van der Waals surface area contributed by atoms with Crippen LogP contribution in [0, 0.1) is 10.1 Å². The molecule has 3 aromatic heterocycles. The number of hydrogen-bond acceptors (Lipinski definition) is 7. The third-order valence-electron chi connectivity index (χ3n) is 2.15. The third-order valence-corrected chi connectivity index (χ3v) is 3.01. The van der Waals surface area contributed by atoms with Crippen LogP contribution in [-0.2, 0) is 0 Å². The molecule has 0 amide bonds. The number of hydrogen-bond donors (Lipinski definition) is 1. The van der Waals surface area contributed by atoms with Crippen LogP contribution < -0.4 is 0 Å². The van der Waals surface area contributed by atoms with E-state index in [1.54, 1.807) is 0 Å². The average Bonchev–Trinajstić information content (AvgIpc) is 3.10. The number of H-pyrrole nitrogens is 1. The van der Waals surface area contributed by atoms with Gasteiger partial charge in [-0.25, -0.2) is 0 Å². The van der Waals surface area contributed by atoms with E-state index >= 15 is 0 Å². The molecule has 3 heterocycles. The van der Waals surface area contributed by atoms with Gasteiger partial charge in [0.15, 0.2) is 5.69 Å². The van der Waals surface area contributed by atoms with Gasteiger partial charge in [-0.1, -0.05) is 16.3 Å². The summed E-state index contributed by atoms with van der Waals surface area (Å²) in [5.74, 6) is 0.356. The lowest BCUT2D eigenvalue weighted by atomic mass is 10.4. The van der Waals surface area contributed by atoms with Gasteiger partial charge >= 0.3 is 5.82 Å². The number of thiophene rings is 1. The third kappa shape index (κ3) is 1.76. The molecule has 1 N–H and O–H groups in total. The Balaban J connectivity index is 1.95. The Morgan fingerprint density at radius 2 is 2.39 bits per heavy atom. The molecule has 3 aromatic rings. The molecule has 0 spiro atoms. The molecule has 0 saturated carbocycles. The van der Waals surface area contributed by atoms with Crippen molar-refractivity contribution in [2.45, 2.75) is 0 Å². The highest BCUT2D eigenvalue weighted by Gasteiger charge is 2.18. The van der Waals surface area contributed by atoms with E-state index in [4.69, 9.17) is 4.52 Å². The molecule has 0 radical (unpaired) electrons. The molecule has 0 aliphatic carbocycles. The van der Waals surface area contributed by atoms with Gasteiger partial charge < -0.3 is 14.6 Å². The van der Waals surface area contributed by atoms with E-state index < -0.39 is 4.92 Å². The minimum absolute atomic E-state index is 0.141. The Morgan fingerprint density at radius 3 is 3.06 bits per heavy atom. The first-order valence-electron chi connectivity index (χ1n) is 4.82. The van der Waals surface area contributed by atoms with Crippen molar-refractivity contribution >= 4 is 17.2 Å². The number of rotatable bonds is 3. The second-order valence-corrected chi connectivity index (χ2v) is 4.24. The fourth-order valence-corrected chi connectivity index (χ4v) is 2.00. The Bertz CT molecular complexity index is 687.